The van der Waals surface area contributed by atoms with E-state index in [-0.39, 0.29) is 29.4 Å². The largest absolute Gasteiger partial charge is 0.457 e. The van der Waals surface area contributed by atoms with E-state index in [4.69, 9.17) is 4.74 Å². The summed E-state index contributed by atoms with van der Waals surface area (Å²) in [5, 5.41) is 2.92. The maximum atomic E-state index is 13.3. The van der Waals surface area contributed by atoms with Crippen molar-refractivity contribution in [3.63, 3.8) is 0 Å². The quantitative estimate of drug-likeness (QED) is 0.244. The van der Waals surface area contributed by atoms with E-state index in [0.717, 1.165) is 63.4 Å². The molecule has 2 amide bonds. The third-order valence-corrected chi connectivity index (χ3v) is 8.96. The molecule has 0 aromatic heterocycles. The molecule has 1 heterocycles. The molecule has 3 aromatic carbocycles. The predicted molar refractivity (Wildman–Crippen MR) is 177 cm³/mol. The molecule has 0 spiro atoms. The van der Waals surface area contributed by atoms with Crippen LogP contribution >= 0.6 is 12.4 Å². The van der Waals surface area contributed by atoms with Crippen molar-refractivity contribution < 1.29 is 26.4 Å². The lowest BCUT2D eigenvalue weighted by Gasteiger charge is -2.38. The Balaban J connectivity index is 0.00000529. The van der Waals surface area contributed by atoms with Crippen LogP contribution in [0.1, 0.15) is 38.2 Å². The van der Waals surface area contributed by atoms with Crippen LogP contribution in [0.4, 0.5) is 16.2 Å². The van der Waals surface area contributed by atoms with Gasteiger partial charge in [-0.15, -0.1) is 12.4 Å². The fourth-order valence-corrected chi connectivity index (χ4v) is 6.26. The van der Waals surface area contributed by atoms with Gasteiger partial charge in [-0.05, 0) is 79.4 Å². The summed E-state index contributed by atoms with van der Waals surface area (Å²) in [4.78, 5) is 17.8. The smallest absolute Gasteiger partial charge is 0.322 e. The summed E-state index contributed by atoms with van der Waals surface area (Å²) in [5.41, 5.74) is 2.10. The SMILES string of the molecule is CCCCN(C(=O)Nc1cccc(S(C)(=O)=O)c1)C1CCN(Cc2ccc(Oc3ccc(NS(C)(=O)=O)cc3)cc2)CC1.Cl. The number of rotatable bonds is 12. The molecule has 1 aliphatic heterocycles. The highest BCUT2D eigenvalue weighted by Gasteiger charge is 2.28. The van der Waals surface area contributed by atoms with Crippen LogP contribution in [0.5, 0.6) is 11.5 Å². The van der Waals surface area contributed by atoms with E-state index in [2.05, 4.69) is 21.9 Å². The van der Waals surface area contributed by atoms with Crippen LogP contribution < -0.4 is 14.8 Å². The minimum absolute atomic E-state index is 0. The summed E-state index contributed by atoms with van der Waals surface area (Å²) in [6, 6.07) is 20.9. The van der Waals surface area contributed by atoms with Crippen molar-refractivity contribution >= 4 is 49.7 Å². The highest BCUT2D eigenvalue weighted by Crippen LogP contribution is 2.25. The Morgan fingerprint density at radius 1 is 0.909 bits per heavy atom. The summed E-state index contributed by atoms with van der Waals surface area (Å²) in [7, 11) is -6.70. The fourth-order valence-electron chi connectivity index (χ4n) is 5.03. The van der Waals surface area contributed by atoms with E-state index in [1.165, 1.54) is 12.1 Å². The van der Waals surface area contributed by atoms with Crippen molar-refractivity contribution in [3.8, 4) is 11.5 Å². The van der Waals surface area contributed by atoms with Gasteiger partial charge in [0.25, 0.3) is 0 Å². The lowest BCUT2D eigenvalue weighted by Crippen LogP contribution is -2.49. The molecule has 1 saturated heterocycles. The average molecular weight is 665 g/mol. The van der Waals surface area contributed by atoms with Crippen LogP contribution in [0.15, 0.2) is 77.7 Å². The monoisotopic (exact) mass is 664 g/mol. The van der Waals surface area contributed by atoms with E-state index in [1.807, 2.05) is 29.2 Å². The first-order valence-corrected chi connectivity index (χ1v) is 18.1. The van der Waals surface area contributed by atoms with Gasteiger partial charge in [-0.1, -0.05) is 31.5 Å². The molecule has 240 valence electrons. The third kappa shape index (κ3) is 10.7. The van der Waals surface area contributed by atoms with Gasteiger partial charge < -0.3 is 15.0 Å². The minimum Gasteiger partial charge on any atom is -0.457 e. The highest BCUT2D eigenvalue weighted by molar-refractivity contribution is 7.92. The zero-order valence-corrected chi connectivity index (χ0v) is 27.7. The Morgan fingerprint density at radius 3 is 2.09 bits per heavy atom. The maximum Gasteiger partial charge on any atom is 0.322 e. The molecule has 0 atom stereocenters. The number of nitrogens with zero attached hydrogens (tertiary/aromatic N) is 2. The van der Waals surface area contributed by atoms with E-state index in [0.29, 0.717) is 29.4 Å². The number of hydrogen-bond acceptors (Lipinski definition) is 7. The van der Waals surface area contributed by atoms with Crippen molar-refractivity contribution in [3.05, 3.63) is 78.4 Å². The number of nitrogens with one attached hydrogen (secondary N) is 2. The predicted octanol–water partition coefficient (Wildman–Crippen LogP) is 5.97. The third-order valence-electron chi connectivity index (χ3n) is 7.25. The van der Waals surface area contributed by atoms with Crippen LogP contribution in [-0.4, -0.2) is 70.9 Å². The second-order valence-corrected chi connectivity index (χ2v) is 14.7. The van der Waals surface area contributed by atoms with Gasteiger partial charge >= 0.3 is 6.03 Å². The molecule has 0 radical (unpaired) electrons. The van der Waals surface area contributed by atoms with Gasteiger partial charge in [0.1, 0.15) is 11.5 Å². The van der Waals surface area contributed by atoms with Crippen molar-refractivity contribution in [2.24, 2.45) is 0 Å². The van der Waals surface area contributed by atoms with Gasteiger partial charge in [0.05, 0.1) is 11.2 Å². The summed E-state index contributed by atoms with van der Waals surface area (Å²) in [5.74, 6) is 1.29. The van der Waals surface area contributed by atoms with Gasteiger partial charge in [0, 0.05) is 49.9 Å². The number of halogens is 1. The number of amides is 2. The number of anilines is 2. The normalized spacial score (nSPS) is 14.3. The lowest BCUT2D eigenvalue weighted by molar-refractivity contribution is 0.122. The number of carbonyl (C=O) groups is 1. The van der Waals surface area contributed by atoms with Crippen LogP contribution in [0, 0.1) is 0 Å². The number of carbonyl (C=O) groups excluding carboxylic acids is 1. The topological polar surface area (TPSA) is 125 Å². The van der Waals surface area contributed by atoms with E-state index in [9.17, 15) is 21.6 Å². The molecule has 0 saturated carbocycles. The molecule has 0 aliphatic carbocycles. The molecule has 44 heavy (non-hydrogen) atoms. The van der Waals surface area contributed by atoms with Crippen molar-refractivity contribution in [2.75, 3.05) is 42.2 Å². The van der Waals surface area contributed by atoms with Gasteiger partial charge in [-0.2, -0.15) is 0 Å². The van der Waals surface area contributed by atoms with Crippen LogP contribution in [0.3, 0.4) is 0 Å². The molecular formula is C31H41ClN4O6S2. The standard InChI is InChI=1S/C31H40N4O6S2.ClH/c1-4-5-19-35(31(36)32-26-7-6-8-30(22-26)42(2,37)38)27-17-20-34(21-18-27)23-24-9-13-28(14-10-24)41-29-15-11-25(12-16-29)33-43(3,39)40;/h6-16,22,27,33H,4-5,17-21,23H2,1-3H3,(H,32,36);1H. The summed E-state index contributed by atoms with van der Waals surface area (Å²) in [6.07, 6.45) is 5.83. The molecule has 0 bridgehead atoms. The second-order valence-electron chi connectivity index (χ2n) is 10.9. The van der Waals surface area contributed by atoms with E-state index < -0.39 is 19.9 Å². The van der Waals surface area contributed by atoms with Gasteiger partial charge in [0.15, 0.2) is 9.84 Å². The van der Waals surface area contributed by atoms with Crippen molar-refractivity contribution in [2.45, 2.75) is 50.1 Å². The van der Waals surface area contributed by atoms with E-state index in [1.54, 1.807) is 36.4 Å². The molecule has 13 heteroatoms. The molecular weight excluding hydrogens is 624 g/mol. The number of sulfone groups is 1. The number of ether oxygens (including phenoxy) is 1. The molecule has 10 nitrogen and oxygen atoms in total. The van der Waals surface area contributed by atoms with Gasteiger partial charge in [-0.25, -0.2) is 21.6 Å². The zero-order valence-electron chi connectivity index (χ0n) is 25.2. The summed E-state index contributed by atoms with van der Waals surface area (Å²) >= 11 is 0. The van der Waals surface area contributed by atoms with Crippen LogP contribution in [0.2, 0.25) is 0 Å². The number of benzene rings is 3. The Bertz CT molecular complexity index is 1590. The molecule has 4 rings (SSSR count). The highest BCUT2D eigenvalue weighted by atomic mass is 35.5. The Labute approximate surface area is 267 Å². The van der Waals surface area contributed by atoms with Gasteiger partial charge in [-0.3, -0.25) is 9.62 Å². The minimum atomic E-state index is -3.37. The first-order valence-electron chi connectivity index (χ1n) is 14.3. The number of unbranched alkanes of at least 4 members (excludes halogenated alkanes) is 1. The number of sulfonamides is 1. The van der Waals surface area contributed by atoms with Crippen LogP contribution in [0.25, 0.3) is 0 Å². The number of likely N-dealkylation sites (tertiary alicyclic amines) is 1. The first-order chi connectivity index (χ1) is 20.4. The lowest BCUT2D eigenvalue weighted by atomic mass is 10.0. The average Bonchev–Trinajstić information content (AvgIpc) is 2.95. The van der Waals surface area contributed by atoms with Gasteiger partial charge in [0.2, 0.25) is 10.0 Å². The van der Waals surface area contributed by atoms with Crippen molar-refractivity contribution in [1.29, 1.82) is 0 Å². The molecule has 3 aromatic rings. The number of piperidine rings is 1. The maximum absolute atomic E-state index is 13.3. The van der Waals surface area contributed by atoms with Crippen LogP contribution in [-0.2, 0) is 26.4 Å². The summed E-state index contributed by atoms with van der Waals surface area (Å²) in [6.45, 7) is 5.25. The molecule has 1 fully saturated rings. The Kier molecular flexibility index (Phi) is 12.5. The Morgan fingerprint density at radius 2 is 1.52 bits per heavy atom. The number of urea groups is 1. The zero-order chi connectivity index (χ0) is 31.0. The fraction of sp³-hybridized carbons (Fsp3) is 0.387. The molecule has 2 N–H and O–H groups in total. The van der Waals surface area contributed by atoms with Crippen molar-refractivity contribution in [1.82, 2.24) is 9.80 Å². The Hall–Kier alpha value is -3.32. The first kappa shape index (κ1) is 35.2. The number of hydrogen-bond donors (Lipinski definition) is 2. The van der Waals surface area contributed by atoms with E-state index >= 15 is 0 Å². The molecule has 0 unspecified atom stereocenters. The second kappa shape index (κ2) is 15.6. The molecule has 1 aliphatic rings. The summed E-state index contributed by atoms with van der Waals surface area (Å²) < 4.78 is 55.0.